The minimum absolute atomic E-state index is 0.192. The third kappa shape index (κ3) is 3.04. The Balaban J connectivity index is 2.41. The Morgan fingerprint density at radius 3 is 2.69 bits per heavy atom. The van der Waals surface area contributed by atoms with E-state index in [2.05, 4.69) is 18.8 Å². The highest BCUT2D eigenvalue weighted by Gasteiger charge is 2.26. The zero-order valence-corrected chi connectivity index (χ0v) is 8.71. The van der Waals surface area contributed by atoms with E-state index < -0.39 is 0 Å². The molecule has 1 aliphatic carbocycles. The van der Waals surface area contributed by atoms with Crippen LogP contribution in [0.25, 0.3) is 0 Å². The maximum absolute atomic E-state index is 9.87. The van der Waals surface area contributed by atoms with Crippen LogP contribution in [0.1, 0.15) is 46.0 Å². The first-order chi connectivity index (χ1) is 6.25. The van der Waals surface area contributed by atoms with Gasteiger partial charge in [0, 0.05) is 6.42 Å². The van der Waals surface area contributed by atoms with Crippen molar-refractivity contribution in [2.24, 2.45) is 11.8 Å². The van der Waals surface area contributed by atoms with Gasteiger partial charge in [-0.2, -0.15) is 0 Å². The lowest BCUT2D eigenvalue weighted by Gasteiger charge is -2.31. The maximum atomic E-state index is 9.87. The summed E-state index contributed by atoms with van der Waals surface area (Å²) in [6, 6.07) is 0. The van der Waals surface area contributed by atoms with E-state index in [9.17, 15) is 5.11 Å². The summed E-state index contributed by atoms with van der Waals surface area (Å²) in [6.45, 7) is 4.09. The Bertz CT molecular complexity index is 199. The molecule has 1 saturated carbocycles. The van der Waals surface area contributed by atoms with E-state index in [0.717, 1.165) is 0 Å². The van der Waals surface area contributed by atoms with E-state index in [1.807, 2.05) is 6.92 Å². The lowest BCUT2D eigenvalue weighted by Crippen LogP contribution is -2.28. The summed E-state index contributed by atoms with van der Waals surface area (Å²) in [4.78, 5) is 0. The minimum Gasteiger partial charge on any atom is -0.392 e. The summed E-state index contributed by atoms with van der Waals surface area (Å²) in [5.74, 6) is 6.99. The maximum Gasteiger partial charge on any atom is 0.0680 e. The molecule has 3 atom stereocenters. The normalized spacial score (nSPS) is 30.4. The van der Waals surface area contributed by atoms with Crippen LogP contribution in [0.15, 0.2) is 0 Å². The monoisotopic (exact) mass is 180 g/mol. The fourth-order valence-electron chi connectivity index (χ4n) is 2.27. The summed E-state index contributed by atoms with van der Waals surface area (Å²) < 4.78 is 0. The van der Waals surface area contributed by atoms with Crippen molar-refractivity contribution in [2.45, 2.75) is 52.1 Å². The molecular formula is C12H20O. The van der Waals surface area contributed by atoms with Crippen LogP contribution in [0.5, 0.6) is 0 Å². The number of rotatable bonds is 2. The Kier molecular flexibility index (Phi) is 4.32. The van der Waals surface area contributed by atoms with Crippen LogP contribution < -0.4 is 0 Å². The van der Waals surface area contributed by atoms with Crippen LogP contribution in [-0.4, -0.2) is 11.2 Å². The Labute approximate surface area is 81.5 Å². The van der Waals surface area contributed by atoms with Gasteiger partial charge in [-0.05, 0) is 25.2 Å². The van der Waals surface area contributed by atoms with Crippen LogP contribution in [0.2, 0.25) is 0 Å². The van der Waals surface area contributed by atoms with E-state index in [-0.39, 0.29) is 6.10 Å². The highest BCUT2D eigenvalue weighted by molar-refractivity contribution is 4.98. The fourth-order valence-corrected chi connectivity index (χ4v) is 2.27. The predicted octanol–water partition coefficient (Wildman–Crippen LogP) is 2.59. The molecule has 3 unspecified atom stereocenters. The Hall–Kier alpha value is -0.480. The first-order valence-electron chi connectivity index (χ1n) is 5.33. The molecule has 0 amide bonds. The number of aliphatic hydroxyl groups excluding tert-OH is 1. The lowest BCUT2D eigenvalue weighted by atomic mass is 9.76. The van der Waals surface area contributed by atoms with Gasteiger partial charge in [0.25, 0.3) is 0 Å². The second kappa shape index (κ2) is 5.29. The molecule has 0 radical (unpaired) electrons. The quantitative estimate of drug-likeness (QED) is 0.648. The Morgan fingerprint density at radius 2 is 2.08 bits per heavy atom. The van der Waals surface area contributed by atoms with Crippen molar-refractivity contribution >= 4 is 0 Å². The number of aliphatic hydroxyl groups is 1. The van der Waals surface area contributed by atoms with Crippen LogP contribution in [0.4, 0.5) is 0 Å². The van der Waals surface area contributed by atoms with Crippen molar-refractivity contribution < 1.29 is 5.11 Å². The van der Waals surface area contributed by atoms with E-state index >= 15 is 0 Å². The highest BCUT2D eigenvalue weighted by Crippen LogP contribution is 2.32. The molecule has 1 nitrogen and oxygen atoms in total. The van der Waals surface area contributed by atoms with E-state index in [1.165, 1.54) is 25.7 Å². The highest BCUT2D eigenvalue weighted by atomic mass is 16.3. The second-order valence-electron chi connectivity index (χ2n) is 4.12. The van der Waals surface area contributed by atoms with E-state index in [4.69, 9.17) is 0 Å². The van der Waals surface area contributed by atoms with Crippen molar-refractivity contribution in [2.75, 3.05) is 0 Å². The largest absolute Gasteiger partial charge is 0.392 e. The van der Waals surface area contributed by atoms with Crippen LogP contribution in [-0.2, 0) is 0 Å². The molecule has 0 aromatic heterocycles. The Morgan fingerprint density at radius 1 is 1.38 bits per heavy atom. The molecule has 1 N–H and O–H groups in total. The van der Waals surface area contributed by atoms with Gasteiger partial charge < -0.3 is 5.11 Å². The van der Waals surface area contributed by atoms with Crippen LogP contribution in [0.3, 0.4) is 0 Å². The van der Waals surface area contributed by atoms with E-state index in [0.29, 0.717) is 18.3 Å². The van der Waals surface area contributed by atoms with Gasteiger partial charge in [0.15, 0.2) is 0 Å². The predicted molar refractivity (Wildman–Crippen MR) is 55.2 cm³/mol. The van der Waals surface area contributed by atoms with Gasteiger partial charge in [-0.3, -0.25) is 0 Å². The summed E-state index contributed by atoms with van der Waals surface area (Å²) in [5.41, 5.74) is 0. The molecule has 74 valence electrons. The molecular weight excluding hydrogens is 160 g/mol. The van der Waals surface area contributed by atoms with Crippen molar-refractivity contribution in [3.05, 3.63) is 0 Å². The first kappa shape index (κ1) is 10.6. The third-order valence-electron chi connectivity index (χ3n) is 3.16. The van der Waals surface area contributed by atoms with Crippen molar-refractivity contribution in [3.63, 3.8) is 0 Å². The molecule has 1 aliphatic rings. The molecule has 0 saturated heterocycles. The summed E-state index contributed by atoms with van der Waals surface area (Å²) in [7, 11) is 0. The molecule has 0 aliphatic heterocycles. The summed E-state index contributed by atoms with van der Waals surface area (Å²) in [5, 5.41) is 9.87. The van der Waals surface area contributed by atoms with Gasteiger partial charge in [-0.15, -0.1) is 11.8 Å². The average Bonchev–Trinajstić information content (AvgIpc) is 2.15. The zero-order valence-electron chi connectivity index (χ0n) is 8.71. The molecule has 1 fully saturated rings. The van der Waals surface area contributed by atoms with Gasteiger partial charge in [0.05, 0.1) is 6.10 Å². The van der Waals surface area contributed by atoms with Crippen molar-refractivity contribution in [1.29, 1.82) is 0 Å². The topological polar surface area (TPSA) is 20.2 Å². The molecule has 0 aromatic carbocycles. The smallest absolute Gasteiger partial charge is 0.0680 e. The lowest BCUT2D eigenvalue weighted by molar-refractivity contribution is 0.0575. The molecule has 0 spiro atoms. The van der Waals surface area contributed by atoms with Gasteiger partial charge in [-0.25, -0.2) is 0 Å². The SMILES string of the molecule is CC#CCC(O)C1CCCCC1C. The van der Waals surface area contributed by atoms with Crippen molar-refractivity contribution in [3.8, 4) is 11.8 Å². The number of hydrogen-bond acceptors (Lipinski definition) is 1. The van der Waals surface area contributed by atoms with E-state index in [1.54, 1.807) is 0 Å². The van der Waals surface area contributed by atoms with Gasteiger partial charge >= 0.3 is 0 Å². The fraction of sp³-hybridized carbons (Fsp3) is 0.833. The number of hydrogen-bond donors (Lipinski definition) is 1. The molecule has 0 heterocycles. The van der Waals surface area contributed by atoms with Gasteiger partial charge in [0.1, 0.15) is 0 Å². The summed E-state index contributed by atoms with van der Waals surface area (Å²) in [6.07, 6.45) is 5.55. The first-order valence-corrected chi connectivity index (χ1v) is 5.33. The minimum atomic E-state index is -0.192. The van der Waals surface area contributed by atoms with Gasteiger partial charge in [0.2, 0.25) is 0 Å². The molecule has 13 heavy (non-hydrogen) atoms. The van der Waals surface area contributed by atoms with Gasteiger partial charge in [-0.1, -0.05) is 26.2 Å². The molecule has 1 rings (SSSR count). The second-order valence-corrected chi connectivity index (χ2v) is 4.12. The van der Waals surface area contributed by atoms with Crippen molar-refractivity contribution in [1.82, 2.24) is 0 Å². The standard InChI is InChI=1S/C12H20O/c1-3-4-9-12(13)11-8-6-5-7-10(11)2/h10-13H,5-9H2,1-2H3. The average molecular weight is 180 g/mol. The van der Waals surface area contributed by atoms with Crippen LogP contribution in [0, 0.1) is 23.7 Å². The molecule has 1 heteroatoms. The van der Waals surface area contributed by atoms with Crippen LogP contribution >= 0.6 is 0 Å². The third-order valence-corrected chi connectivity index (χ3v) is 3.16. The molecule has 0 aromatic rings. The zero-order chi connectivity index (χ0) is 9.68. The molecule has 0 bridgehead atoms. The summed E-state index contributed by atoms with van der Waals surface area (Å²) >= 11 is 0.